The molecule has 5 rings (SSSR count). The van der Waals surface area contributed by atoms with Gasteiger partial charge < -0.3 is 24.8 Å². The highest BCUT2D eigenvalue weighted by molar-refractivity contribution is 5.89. The molecule has 0 aliphatic carbocycles. The Hall–Kier alpha value is -4.14. The Morgan fingerprint density at radius 2 is 1.65 bits per heavy atom. The predicted molar refractivity (Wildman–Crippen MR) is 117 cm³/mol. The Bertz CT molecular complexity index is 1170. The topological polar surface area (TPSA) is 99.3 Å². The summed E-state index contributed by atoms with van der Waals surface area (Å²) in [5.74, 6) is 2.30. The van der Waals surface area contributed by atoms with E-state index in [1.54, 1.807) is 11.2 Å². The van der Waals surface area contributed by atoms with Gasteiger partial charge in [-0.05, 0) is 36.4 Å². The van der Waals surface area contributed by atoms with E-state index in [9.17, 15) is 4.79 Å². The molecule has 0 atom stereocenters. The molecule has 4 aromatic rings. The molecule has 2 aromatic carbocycles. The van der Waals surface area contributed by atoms with Gasteiger partial charge in [0.2, 0.25) is 0 Å². The second-order valence-corrected chi connectivity index (χ2v) is 7.14. The van der Waals surface area contributed by atoms with Crippen molar-refractivity contribution in [2.24, 2.45) is 0 Å². The van der Waals surface area contributed by atoms with Gasteiger partial charge in [-0.15, -0.1) is 0 Å². The molecule has 2 aromatic heterocycles. The van der Waals surface area contributed by atoms with Crippen LogP contribution in [0.5, 0.6) is 11.5 Å². The fourth-order valence-electron chi connectivity index (χ4n) is 3.55. The van der Waals surface area contributed by atoms with Crippen molar-refractivity contribution in [1.82, 2.24) is 24.8 Å². The van der Waals surface area contributed by atoms with Gasteiger partial charge in [0.1, 0.15) is 23.3 Å². The van der Waals surface area contributed by atoms with E-state index in [2.05, 4.69) is 30.2 Å². The molecular formula is C22H21N7O2. The molecule has 0 saturated carbocycles. The van der Waals surface area contributed by atoms with Gasteiger partial charge >= 0.3 is 6.03 Å². The molecule has 9 nitrogen and oxygen atoms in total. The minimum Gasteiger partial charge on any atom is -0.457 e. The number of carbonyl (C=O) groups is 1. The highest BCUT2D eigenvalue weighted by atomic mass is 16.5. The van der Waals surface area contributed by atoms with E-state index in [0.717, 1.165) is 22.8 Å². The lowest BCUT2D eigenvalue weighted by Crippen LogP contribution is -2.50. The average molecular weight is 415 g/mol. The van der Waals surface area contributed by atoms with Crippen molar-refractivity contribution in [3.05, 3.63) is 67.3 Å². The van der Waals surface area contributed by atoms with Crippen LogP contribution in [0.4, 0.5) is 16.3 Å². The number of amides is 2. The van der Waals surface area contributed by atoms with Gasteiger partial charge in [-0.1, -0.05) is 18.2 Å². The SMILES string of the molecule is O=C(Nc1ccc(Oc2ccccc2)cc1)N1CCN(c2ncnc3nc[nH]c23)CC1. The summed E-state index contributed by atoms with van der Waals surface area (Å²) in [5.41, 5.74) is 2.19. The smallest absolute Gasteiger partial charge is 0.321 e. The van der Waals surface area contributed by atoms with Crippen LogP contribution in [-0.4, -0.2) is 57.0 Å². The number of rotatable bonds is 4. The number of aromatic amines is 1. The van der Waals surface area contributed by atoms with E-state index in [0.29, 0.717) is 37.6 Å². The summed E-state index contributed by atoms with van der Waals surface area (Å²) in [6, 6.07) is 16.8. The van der Waals surface area contributed by atoms with Crippen LogP contribution in [0.2, 0.25) is 0 Å². The lowest BCUT2D eigenvalue weighted by Gasteiger charge is -2.35. The number of hydrogen-bond acceptors (Lipinski definition) is 6. The summed E-state index contributed by atoms with van der Waals surface area (Å²) >= 11 is 0. The Labute approximate surface area is 178 Å². The quantitative estimate of drug-likeness (QED) is 0.529. The standard InChI is InChI=1S/C22H21N7O2/c30-22(27-16-6-8-18(9-7-16)31-17-4-2-1-3-5-17)29-12-10-28(11-13-29)21-19-20(24-14-23-19)25-15-26-21/h1-9,14-15H,10-13H2,(H,27,30)(H,23,24,25,26). The number of nitrogens with one attached hydrogen (secondary N) is 2. The summed E-state index contributed by atoms with van der Waals surface area (Å²) in [4.78, 5) is 32.4. The zero-order valence-corrected chi connectivity index (χ0v) is 16.7. The molecule has 0 bridgehead atoms. The van der Waals surface area contributed by atoms with E-state index in [4.69, 9.17) is 4.74 Å². The van der Waals surface area contributed by atoms with Gasteiger partial charge in [0, 0.05) is 31.9 Å². The number of carbonyl (C=O) groups excluding carboxylic acids is 1. The summed E-state index contributed by atoms with van der Waals surface area (Å²) in [6.07, 6.45) is 3.13. The molecule has 0 spiro atoms. The second kappa shape index (κ2) is 8.31. The van der Waals surface area contributed by atoms with Gasteiger partial charge in [0.15, 0.2) is 11.5 Å². The second-order valence-electron chi connectivity index (χ2n) is 7.14. The molecule has 3 heterocycles. The molecule has 31 heavy (non-hydrogen) atoms. The number of ether oxygens (including phenoxy) is 1. The predicted octanol–water partition coefficient (Wildman–Crippen LogP) is 3.50. The zero-order chi connectivity index (χ0) is 21.0. The number of piperazine rings is 1. The number of para-hydroxylation sites is 1. The molecule has 1 fully saturated rings. The molecule has 156 valence electrons. The third kappa shape index (κ3) is 4.11. The van der Waals surface area contributed by atoms with Crippen LogP contribution in [0.25, 0.3) is 11.2 Å². The lowest BCUT2D eigenvalue weighted by molar-refractivity contribution is 0.208. The van der Waals surface area contributed by atoms with Crippen LogP contribution in [0.15, 0.2) is 67.3 Å². The Morgan fingerprint density at radius 1 is 0.903 bits per heavy atom. The highest BCUT2D eigenvalue weighted by Gasteiger charge is 2.23. The Morgan fingerprint density at radius 3 is 2.42 bits per heavy atom. The van der Waals surface area contributed by atoms with Crippen LogP contribution in [0.1, 0.15) is 0 Å². The number of urea groups is 1. The van der Waals surface area contributed by atoms with Crippen molar-refractivity contribution in [2.45, 2.75) is 0 Å². The largest absolute Gasteiger partial charge is 0.457 e. The van der Waals surface area contributed by atoms with Crippen LogP contribution >= 0.6 is 0 Å². The van der Waals surface area contributed by atoms with E-state index in [1.807, 2.05) is 54.6 Å². The van der Waals surface area contributed by atoms with Crippen molar-refractivity contribution >= 4 is 28.7 Å². The molecule has 1 saturated heterocycles. The van der Waals surface area contributed by atoms with Gasteiger partial charge in [-0.25, -0.2) is 19.7 Å². The zero-order valence-electron chi connectivity index (χ0n) is 16.7. The number of anilines is 2. The van der Waals surface area contributed by atoms with Crippen LogP contribution in [0.3, 0.4) is 0 Å². The molecule has 0 radical (unpaired) electrons. The molecule has 1 aliphatic heterocycles. The molecular weight excluding hydrogens is 394 g/mol. The first kappa shape index (κ1) is 18.9. The van der Waals surface area contributed by atoms with E-state index in [-0.39, 0.29) is 6.03 Å². The third-order valence-corrected chi connectivity index (χ3v) is 5.15. The van der Waals surface area contributed by atoms with Crippen molar-refractivity contribution in [3.63, 3.8) is 0 Å². The monoisotopic (exact) mass is 415 g/mol. The number of imidazole rings is 1. The number of benzene rings is 2. The van der Waals surface area contributed by atoms with Crippen LogP contribution < -0.4 is 15.0 Å². The number of fused-ring (bicyclic) bond motifs is 1. The maximum absolute atomic E-state index is 12.7. The minimum absolute atomic E-state index is 0.120. The van der Waals surface area contributed by atoms with E-state index >= 15 is 0 Å². The fraction of sp³-hybridized carbons (Fsp3) is 0.182. The summed E-state index contributed by atoms with van der Waals surface area (Å²) in [5, 5.41) is 2.95. The molecule has 2 amide bonds. The lowest BCUT2D eigenvalue weighted by atomic mass is 10.3. The first-order valence-electron chi connectivity index (χ1n) is 10.0. The summed E-state index contributed by atoms with van der Waals surface area (Å²) in [7, 11) is 0. The Balaban J connectivity index is 1.17. The van der Waals surface area contributed by atoms with Crippen molar-refractivity contribution in [1.29, 1.82) is 0 Å². The average Bonchev–Trinajstić information content (AvgIpc) is 3.30. The Kier molecular flexibility index (Phi) is 5.05. The maximum Gasteiger partial charge on any atom is 0.321 e. The normalized spacial score (nSPS) is 13.9. The highest BCUT2D eigenvalue weighted by Crippen LogP contribution is 2.24. The van der Waals surface area contributed by atoms with Crippen LogP contribution in [0, 0.1) is 0 Å². The molecule has 0 unspecified atom stereocenters. The van der Waals surface area contributed by atoms with Crippen LogP contribution in [-0.2, 0) is 0 Å². The van der Waals surface area contributed by atoms with Crippen molar-refractivity contribution < 1.29 is 9.53 Å². The fourth-order valence-corrected chi connectivity index (χ4v) is 3.55. The first-order chi connectivity index (χ1) is 15.3. The van der Waals surface area contributed by atoms with Gasteiger partial charge in [0.25, 0.3) is 0 Å². The van der Waals surface area contributed by atoms with E-state index < -0.39 is 0 Å². The first-order valence-corrected chi connectivity index (χ1v) is 10.0. The number of nitrogens with zero attached hydrogens (tertiary/aromatic N) is 5. The number of hydrogen-bond donors (Lipinski definition) is 2. The van der Waals surface area contributed by atoms with Gasteiger partial charge in [-0.3, -0.25) is 0 Å². The van der Waals surface area contributed by atoms with Gasteiger partial charge in [0.05, 0.1) is 6.33 Å². The minimum atomic E-state index is -0.120. The maximum atomic E-state index is 12.7. The molecule has 9 heteroatoms. The molecule has 2 N–H and O–H groups in total. The molecule has 1 aliphatic rings. The number of H-pyrrole nitrogens is 1. The van der Waals surface area contributed by atoms with E-state index in [1.165, 1.54) is 6.33 Å². The third-order valence-electron chi connectivity index (χ3n) is 5.15. The van der Waals surface area contributed by atoms with Crippen molar-refractivity contribution in [3.8, 4) is 11.5 Å². The summed E-state index contributed by atoms with van der Waals surface area (Å²) < 4.78 is 5.79. The summed E-state index contributed by atoms with van der Waals surface area (Å²) in [6.45, 7) is 2.56. The van der Waals surface area contributed by atoms with Crippen molar-refractivity contribution in [2.75, 3.05) is 36.4 Å². The number of aromatic nitrogens is 4. The van der Waals surface area contributed by atoms with Gasteiger partial charge in [-0.2, -0.15) is 0 Å².